The van der Waals surface area contributed by atoms with Crippen LogP contribution < -0.4 is 5.32 Å². The first-order chi connectivity index (χ1) is 7.36. The van der Waals surface area contributed by atoms with E-state index in [0.717, 1.165) is 12.5 Å². The lowest BCUT2D eigenvalue weighted by Crippen LogP contribution is -2.63. The molecular weight excluding hydrogens is 196 g/mol. The number of nitrogens with zero attached hydrogens (tertiary/aromatic N) is 1. The highest BCUT2D eigenvalue weighted by molar-refractivity contribution is 4.93. The van der Waals surface area contributed by atoms with Gasteiger partial charge in [-0.2, -0.15) is 0 Å². The summed E-state index contributed by atoms with van der Waals surface area (Å²) in [5.74, 6) is 0.731. The van der Waals surface area contributed by atoms with E-state index >= 15 is 0 Å². The summed E-state index contributed by atoms with van der Waals surface area (Å²) >= 11 is 0. The summed E-state index contributed by atoms with van der Waals surface area (Å²) in [5.41, 5.74) is 0.295. The fourth-order valence-corrected chi connectivity index (χ4v) is 2.74. The molecule has 0 radical (unpaired) electrons. The van der Waals surface area contributed by atoms with Crippen LogP contribution in [-0.2, 0) is 0 Å². The molecule has 2 unspecified atom stereocenters. The van der Waals surface area contributed by atoms with Gasteiger partial charge in [-0.05, 0) is 33.1 Å². The molecule has 2 nitrogen and oxygen atoms in total. The lowest BCUT2D eigenvalue weighted by atomic mass is 9.91. The Labute approximate surface area is 102 Å². The smallest absolute Gasteiger partial charge is 0.0249 e. The van der Waals surface area contributed by atoms with Gasteiger partial charge in [0.05, 0.1) is 0 Å². The Morgan fingerprint density at radius 2 is 1.94 bits per heavy atom. The Morgan fingerprint density at radius 3 is 2.38 bits per heavy atom. The molecule has 0 saturated carbocycles. The van der Waals surface area contributed by atoms with Crippen molar-refractivity contribution in [2.45, 2.75) is 72.0 Å². The number of hydrogen-bond acceptors (Lipinski definition) is 2. The summed E-state index contributed by atoms with van der Waals surface area (Å²) in [4.78, 5) is 2.70. The van der Waals surface area contributed by atoms with Crippen LogP contribution in [-0.4, -0.2) is 35.6 Å². The molecule has 0 aromatic carbocycles. The van der Waals surface area contributed by atoms with Crippen molar-refractivity contribution in [3.05, 3.63) is 0 Å². The van der Waals surface area contributed by atoms with Crippen molar-refractivity contribution in [1.82, 2.24) is 10.2 Å². The predicted octanol–water partition coefficient (Wildman–Crippen LogP) is 2.88. The maximum Gasteiger partial charge on any atom is 0.0249 e. The van der Waals surface area contributed by atoms with Crippen LogP contribution in [0.5, 0.6) is 0 Å². The summed E-state index contributed by atoms with van der Waals surface area (Å²) in [7, 11) is 0. The average molecular weight is 226 g/mol. The molecule has 1 saturated heterocycles. The topological polar surface area (TPSA) is 15.3 Å². The van der Waals surface area contributed by atoms with E-state index in [1.165, 1.54) is 19.4 Å². The van der Waals surface area contributed by atoms with Crippen molar-refractivity contribution >= 4 is 0 Å². The highest BCUT2D eigenvalue weighted by Gasteiger charge is 2.35. The number of nitrogens with one attached hydrogen (secondary N) is 1. The van der Waals surface area contributed by atoms with E-state index in [1.54, 1.807) is 0 Å². The first-order valence-electron chi connectivity index (χ1n) is 6.86. The minimum Gasteiger partial charge on any atom is -0.311 e. The average Bonchev–Trinajstić information content (AvgIpc) is 2.16. The monoisotopic (exact) mass is 226 g/mol. The fourth-order valence-electron chi connectivity index (χ4n) is 2.74. The Hall–Kier alpha value is -0.0800. The molecule has 0 bridgehead atoms. The first-order valence-corrected chi connectivity index (χ1v) is 6.86. The highest BCUT2D eigenvalue weighted by Crippen LogP contribution is 2.25. The molecule has 1 N–H and O–H groups in total. The lowest BCUT2D eigenvalue weighted by molar-refractivity contribution is 0.0182. The molecule has 2 heteroatoms. The van der Waals surface area contributed by atoms with E-state index in [-0.39, 0.29) is 0 Å². The Kier molecular flexibility index (Phi) is 4.81. The van der Waals surface area contributed by atoms with Gasteiger partial charge in [0.15, 0.2) is 0 Å². The minimum absolute atomic E-state index is 0.295. The molecule has 0 spiro atoms. The second-order valence-corrected chi connectivity index (χ2v) is 6.53. The fraction of sp³-hybridized carbons (Fsp3) is 1.00. The van der Waals surface area contributed by atoms with Gasteiger partial charge in [-0.15, -0.1) is 0 Å². The standard InChI is InChI=1S/C14H30N2/c1-7-8-12-10-16(14(4,5)6)13(9-15-12)11(2)3/h11-13,15H,7-10H2,1-6H3. The van der Waals surface area contributed by atoms with Crippen molar-refractivity contribution in [3.63, 3.8) is 0 Å². The van der Waals surface area contributed by atoms with Crippen molar-refractivity contribution in [2.75, 3.05) is 13.1 Å². The third-order valence-corrected chi connectivity index (χ3v) is 3.70. The van der Waals surface area contributed by atoms with Crippen LogP contribution in [0.3, 0.4) is 0 Å². The molecular formula is C14H30N2. The lowest BCUT2D eigenvalue weighted by Gasteiger charge is -2.49. The van der Waals surface area contributed by atoms with Gasteiger partial charge in [0.1, 0.15) is 0 Å². The summed E-state index contributed by atoms with van der Waals surface area (Å²) in [6.07, 6.45) is 2.58. The number of rotatable bonds is 3. The highest BCUT2D eigenvalue weighted by atomic mass is 15.3. The molecule has 0 aromatic rings. The van der Waals surface area contributed by atoms with Crippen LogP contribution in [0.2, 0.25) is 0 Å². The van der Waals surface area contributed by atoms with Gasteiger partial charge in [-0.3, -0.25) is 4.90 Å². The van der Waals surface area contributed by atoms with Gasteiger partial charge in [-0.25, -0.2) is 0 Å². The van der Waals surface area contributed by atoms with Crippen LogP contribution in [0.25, 0.3) is 0 Å². The van der Waals surface area contributed by atoms with Gasteiger partial charge in [-0.1, -0.05) is 27.2 Å². The van der Waals surface area contributed by atoms with Gasteiger partial charge in [0.25, 0.3) is 0 Å². The van der Waals surface area contributed by atoms with Gasteiger partial charge in [0.2, 0.25) is 0 Å². The third kappa shape index (κ3) is 3.46. The molecule has 0 aliphatic carbocycles. The second kappa shape index (κ2) is 5.50. The summed E-state index contributed by atoms with van der Waals surface area (Å²) in [6.45, 7) is 16.3. The van der Waals surface area contributed by atoms with Crippen LogP contribution in [0.1, 0.15) is 54.4 Å². The van der Waals surface area contributed by atoms with Crippen LogP contribution >= 0.6 is 0 Å². The molecule has 1 heterocycles. The van der Waals surface area contributed by atoms with E-state index < -0.39 is 0 Å². The van der Waals surface area contributed by atoms with Crippen LogP contribution in [0.15, 0.2) is 0 Å². The van der Waals surface area contributed by atoms with Gasteiger partial charge in [0, 0.05) is 30.7 Å². The number of hydrogen-bond donors (Lipinski definition) is 1. The Morgan fingerprint density at radius 1 is 1.31 bits per heavy atom. The summed E-state index contributed by atoms with van der Waals surface area (Å²) in [5, 5.41) is 3.71. The number of piperazine rings is 1. The van der Waals surface area contributed by atoms with Crippen molar-refractivity contribution in [2.24, 2.45) is 5.92 Å². The van der Waals surface area contributed by atoms with Gasteiger partial charge >= 0.3 is 0 Å². The van der Waals surface area contributed by atoms with E-state index in [0.29, 0.717) is 17.6 Å². The predicted molar refractivity (Wildman–Crippen MR) is 71.8 cm³/mol. The maximum atomic E-state index is 3.71. The van der Waals surface area contributed by atoms with E-state index in [4.69, 9.17) is 0 Å². The van der Waals surface area contributed by atoms with Crippen molar-refractivity contribution in [1.29, 1.82) is 0 Å². The molecule has 96 valence electrons. The molecule has 16 heavy (non-hydrogen) atoms. The zero-order valence-electron chi connectivity index (χ0n) is 12.0. The molecule has 0 aromatic heterocycles. The first kappa shape index (κ1) is 14.0. The van der Waals surface area contributed by atoms with Crippen molar-refractivity contribution in [3.8, 4) is 0 Å². The molecule has 0 amide bonds. The van der Waals surface area contributed by atoms with E-state index in [2.05, 4.69) is 51.8 Å². The molecule has 1 aliphatic rings. The SMILES string of the molecule is CCCC1CN(C(C)(C)C)C(C(C)C)CN1. The van der Waals surface area contributed by atoms with Crippen molar-refractivity contribution < 1.29 is 0 Å². The van der Waals surface area contributed by atoms with E-state index in [9.17, 15) is 0 Å². The molecule has 2 atom stereocenters. The third-order valence-electron chi connectivity index (χ3n) is 3.70. The quantitative estimate of drug-likeness (QED) is 0.796. The zero-order chi connectivity index (χ0) is 12.3. The van der Waals surface area contributed by atoms with E-state index in [1.807, 2.05) is 0 Å². The largest absolute Gasteiger partial charge is 0.311 e. The van der Waals surface area contributed by atoms with Crippen LogP contribution in [0.4, 0.5) is 0 Å². The maximum absolute atomic E-state index is 3.71. The Balaban J connectivity index is 2.70. The summed E-state index contributed by atoms with van der Waals surface area (Å²) in [6, 6.07) is 1.38. The second-order valence-electron chi connectivity index (χ2n) is 6.53. The van der Waals surface area contributed by atoms with Crippen LogP contribution in [0, 0.1) is 5.92 Å². The molecule has 1 fully saturated rings. The molecule has 1 rings (SSSR count). The normalized spacial score (nSPS) is 28.7. The molecule has 1 aliphatic heterocycles. The minimum atomic E-state index is 0.295. The Bertz CT molecular complexity index is 205. The zero-order valence-corrected chi connectivity index (χ0v) is 12.0. The summed E-state index contributed by atoms with van der Waals surface area (Å²) < 4.78 is 0. The van der Waals surface area contributed by atoms with Gasteiger partial charge < -0.3 is 5.32 Å².